The Morgan fingerprint density at radius 3 is 2.92 bits per heavy atom. The maximum absolute atomic E-state index is 12.2. The number of halogens is 1. The van der Waals surface area contributed by atoms with Crippen molar-refractivity contribution >= 4 is 35.8 Å². The highest BCUT2D eigenvalue weighted by Crippen LogP contribution is 2.29. The first-order valence-electron chi connectivity index (χ1n) is 7.42. The third-order valence-electron chi connectivity index (χ3n) is 3.76. The van der Waals surface area contributed by atoms with Crippen LogP contribution in [-0.4, -0.2) is 54.3 Å². The summed E-state index contributed by atoms with van der Waals surface area (Å²) in [5.74, 6) is 1.29. The molecule has 0 saturated carbocycles. The third-order valence-corrected chi connectivity index (χ3v) is 4.74. The van der Waals surface area contributed by atoms with Crippen LogP contribution >= 0.6 is 24.2 Å². The van der Waals surface area contributed by atoms with Gasteiger partial charge >= 0.3 is 5.69 Å². The molecule has 1 aromatic carbocycles. The number of hydrogen-bond donors (Lipinski definition) is 1. The van der Waals surface area contributed by atoms with Crippen LogP contribution in [0.4, 0.5) is 5.69 Å². The van der Waals surface area contributed by atoms with E-state index in [-0.39, 0.29) is 35.8 Å². The minimum atomic E-state index is -0.458. The number of rotatable bonds is 6. The molecule has 1 aromatic rings. The van der Waals surface area contributed by atoms with Gasteiger partial charge in [0, 0.05) is 37.5 Å². The van der Waals surface area contributed by atoms with Gasteiger partial charge in [-0.25, -0.2) is 0 Å². The maximum atomic E-state index is 12.2. The first kappa shape index (κ1) is 20.5. The van der Waals surface area contributed by atoms with Gasteiger partial charge in [0.2, 0.25) is 5.91 Å². The highest BCUT2D eigenvalue weighted by atomic mass is 35.5. The molecule has 0 aromatic heterocycles. The normalized spacial score (nSPS) is 17.1. The second kappa shape index (κ2) is 9.71. The van der Waals surface area contributed by atoms with E-state index in [2.05, 4.69) is 5.32 Å². The zero-order valence-corrected chi connectivity index (χ0v) is 15.3. The Kier molecular flexibility index (Phi) is 8.30. The Morgan fingerprint density at radius 2 is 2.29 bits per heavy atom. The van der Waals surface area contributed by atoms with Gasteiger partial charge in [-0.15, -0.1) is 24.2 Å². The largest absolute Gasteiger partial charge is 0.490 e. The summed E-state index contributed by atoms with van der Waals surface area (Å²) in [6.45, 7) is 4.41. The van der Waals surface area contributed by atoms with Crippen molar-refractivity contribution in [2.75, 3.05) is 32.5 Å². The number of carbonyl (C=O) groups is 1. The van der Waals surface area contributed by atoms with Crippen molar-refractivity contribution in [3.63, 3.8) is 0 Å². The molecule has 1 saturated heterocycles. The van der Waals surface area contributed by atoms with E-state index in [9.17, 15) is 14.9 Å². The van der Waals surface area contributed by atoms with E-state index in [0.717, 1.165) is 25.2 Å². The first-order valence-corrected chi connectivity index (χ1v) is 8.57. The molecule has 1 atom stereocenters. The minimum absolute atomic E-state index is 0. The van der Waals surface area contributed by atoms with Gasteiger partial charge in [-0.05, 0) is 18.6 Å². The van der Waals surface area contributed by atoms with Crippen molar-refractivity contribution in [2.45, 2.75) is 18.7 Å². The molecule has 9 heteroatoms. The van der Waals surface area contributed by atoms with Crippen LogP contribution in [0.3, 0.4) is 0 Å². The summed E-state index contributed by atoms with van der Waals surface area (Å²) in [6, 6.07) is 5.09. The molecule has 1 fully saturated rings. The van der Waals surface area contributed by atoms with Crippen molar-refractivity contribution < 1.29 is 14.5 Å². The smallest absolute Gasteiger partial charge is 0.311 e. The van der Waals surface area contributed by atoms with Gasteiger partial charge in [0.1, 0.15) is 0 Å². The van der Waals surface area contributed by atoms with Gasteiger partial charge in [0.25, 0.3) is 0 Å². The van der Waals surface area contributed by atoms with Gasteiger partial charge in [-0.2, -0.15) is 0 Å². The highest BCUT2D eigenvalue weighted by Gasteiger charge is 2.22. The Hall–Kier alpha value is -1.51. The van der Waals surface area contributed by atoms with Crippen LogP contribution < -0.4 is 10.1 Å². The van der Waals surface area contributed by atoms with Gasteiger partial charge < -0.3 is 15.0 Å². The van der Waals surface area contributed by atoms with E-state index >= 15 is 0 Å². The monoisotopic (exact) mass is 375 g/mol. The van der Waals surface area contributed by atoms with E-state index in [1.807, 2.05) is 11.8 Å². The molecule has 1 amide bonds. The highest BCUT2D eigenvalue weighted by molar-refractivity contribution is 7.99. The van der Waals surface area contributed by atoms with E-state index in [1.165, 1.54) is 24.9 Å². The lowest BCUT2D eigenvalue weighted by atomic mass is 10.2. The molecule has 7 nitrogen and oxygen atoms in total. The molecule has 0 radical (unpaired) electrons. The van der Waals surface area contributed by atoms with Gasteiger partial charge in [-0.1, -0.05) is 6.07 Å². The molecule has 0 aliphatic carbocycles. The molecule has 1 aliphatic heterocycles. The summed E-state index contributed by atoms with van der Waals surface area (Å²) in [4.78, 5) is 24.7. The van der Waals surface area contributed by atoms with E-state index < -0.39 is 4.92 Å². The number of hydrogen-bond acceptors (Lipinski definition) is 6. The molecule has 0 spiro atoms. The Labute approximate surface area is 151 Å². The molecule has 2 rings (SSSR count). The topological polar surface area (TPSA) is 84.7 Å². The second-order valence-corrected chi connectivity index (χ2v) is 6.38. The number of nitrogens with zero attached hydrogens (tertiary/aromatic N) is 2. The molecule has 1 N–H and O–H groups in total. The zero-order valence-electron chi connectivity index (χ0n) is 13.7. The lowest BCUT2D eigenvalue weighted by Crippen LogP contribution is -2.52. The van der Waals surface area contributed by atoms with E-state index in [0.29, 0.717) is 11.5 Å². The quantitative estimate of drug-likeness (QED) is 0.605. The molecule has 0 unspecified atom stereocenters. The fraction of sp³-hybridized carbons (Fsp3) is 0.533. The second-order valence-electron chi connectivity index (χ2n) is 5.40. The van der Waals surface area contributed by atoms with Crippen LogP contribution in [0, 0.1) is 10.1 Å². The predicted molar refractivity (Wildman–Crippen MR) is 97.1 cm³/mol. The van der Waals surface area contributed by atoms with Gasteiger partial charge in [0.15, 0.2) is 5.75 Å². The average molecular weight is 376 g/mol. The number of nitro benzene ring substituents is 1. The number of amides is 1. The number of methoxy groups -OCH3 is 1. The minimum Gasteiger partial charge on any atom is -0.490 e. The van der Waals surface area contributed by atoms with Crippen molar-refractivity contribution in [3.8, 4) is 5.75 Å². The predicted octanol–water partition coefficient (Wildman–Crippen LogP) is 2.08. The molecule has 24 heavy (non-hydrogen) atoms. The van der Waals surface area contributed by atoms with Crippen LogP contribution in [0.2, 0.25) is 0 Å². The summed E-state index contributed by atoms with van der Waals surface area (Å²) in [7, 11) is 1.41. The molecule has 0 bridgehead atoms. The third kappa shape index (κ3) is 5.25. The fourth-order valence-electron chi connectivity index (χ4n) is 2.52. The van der Waals surface area contributed by atoms with Crippen LogP contribution in [-0.2, 0) is 10.5 Å². The van der Waals surface area contributed by atoms with E-state index in [1.54, 1.807) is 12.1 Å². The summed E-state index contributed by atoms with van der Waals surface area (Å²) < 4.78 is 4.98. The zero-order chi connectivity index (χ0) is 16.8. The number of piperazine rings is 1. The van der Waals surface area contributed by atoms with Crippen molar-refractivity contribution in [2.24, 2.45) is 0 Å². The standard InChI is InChI=1S/C15H21N3O4S.ClH/c1-11-8-16-5-6-17(11)15(19)10-23-9-12-3-4-14(22-2)13(7-12)18(20)21;/h3-4,7,11,16H,5-6,8-10H2,1-2H3;1H/t11-;/m0./s1. The van der Waals surface area contributed by atoms with Crippen LogP contribution in [0.15, 0.2) is 18.2 Å². The van der Waals surface area contributed by atoms with Crippen LogP contribution in [0.1, 0.15) is 12.5 Å². The van der Waals surface area contributed by atoms with E-state index in [4.69, 9.17) is 4.74 Å². The molecule has 1 aliphatic rings. The van der Waals surface area contributed by atoms with Crippen molar-refractivity contribution in [3.05, 3.63) is 33.9 Å². The molecular formula is C15H22ClN3O4S. The first-order chi connectivity index (χ1) is 11.0. The Balaban J connectivity index is 0.00000288. The van der Waals surface area contributed by atoms with Crippen LogP contribution in [0.25, 0.3) is 0 Å². The lowest BCUT2D eigenvalue weighted by Gasteiger charge is -2.34. The molecular weight excluding hydrogens is 354 g/mol. The maximum Gasteiger partial charge on any atom is 0.311 e. The summed E-state index contributed by atoms with van der Waals surface area (Å²) in [5.41, 5.74) is 0.760. The summed E-state index contributed by atoms with van der Waals surface area (Å²) in [6.07, 6.45) is 0. The van der Waals surface area contributed by atoms with Crippen LogP contribution in [0.5, 0.6) is 5.75 Å². The molecule has 1 heterocycles. The summed E-state index contributed by atoms with van der Waals surface area (Å²) in [5, 5.41) is 14.3. The summed E-state index contributed by atoms with van der Waals surface area (Å²) >= 11 is 1.47. The van der Waals surface area contributed by atoms with Crippen molar-refractivity contribution in [1.29, 1.82) is 0 Å². The van der Waals surface area contributed by atoms with Crippen molar-refractivity contribution in [1.82, 2.24) is 10.2 Å². The number of nitrogens with one attached hydrogen (secondary N) is 1. The lowest BCUT2D eigenvalue weighted by molar-refractivity contribution is -0.385. The molecule has 134 valence electrons. The van der Waals surface area contributed by atoms with Gasteiger partial charge in [0.05, 0.1) is 17.8 Å². The number of ether oxygens (including phenoxy) is 1. The Morgan fingerprint density at radius 1 is 1.54 bits per heavy atom. The van der Waals surface area contributed by atoms with Gasteiger partial charge in [-0.3, -0.25) is 14.9 Å². The Bertz CT molecular complexity index is 588. The fourth-order valence-corrected chi connectivity index (χ4v) is 3.38. The average Bonchev–Trinajstić information content (AvgIpc) is 2.55. The SMILES string of the molecule is COc1ccc(CSCC(=O)N2CCNC[C@@H]2C)cc1[N+](=O)[O-].Cl. The number of nitro groups is 1. The number of thioether (sulfide) groups is 1. The number of benzene rings is 1. The number of carbonyl (C=O) groups excluding carboxylic acids is 1.